The Bertz CT molecular complexity index is 735. The number of hydrogen-bond donors (Lipinski definition) is 3. The van der Waals surface area contributed by atoms with Crippen LogP contribution < -0.4 is 20.9 Å². The molecule has 0 bridgehead atoms. The number of rotatable bonds is 6. The lowest BCUT2D eigenvalue weighted by molar-refractivity contribution is 0.0936. The molecule has 25 heavy (non-hydrogen) atoms. The van der Waals surface area contributed by atoms with Gasteiger partial charge in [0.05, 0.1) is 17.0 Å². The van der Waals surface area contributed by atoms with Gasteiger partial charge in [-0.15, -0.1) is 11.3 Å². The zero-order chi connectivity index (χ0) is 18.1. The summed E-state index contributed by atoms with van der Waals surface area (Å²) in [7, 11) is 1.57. The molecule has 0 saturated heterocycles. The van der Waals surface area contributed by atoms with Crippen molar-refractivity contribution >= 4 is 40.5 Å². The number of thiocarbonyl (C=S) groups is 1. The van der Waals surface area contributed by atoms with E-state index in [0.29, 0.717) is 29.4 Å². The summed E-state index contributed by atoms with van der Waals surface area (Å²) in [6.45, 7) is 0.727. The first-order valence-corrected chi connectivity index (χ1v) is 8.56. The molecule has 2 rings (SSSR count). The highest BCUT2D eigenvalue weighted by molar-refractivity contribution is 7.80. The summed E-state index contributed by atoms with van der Waals surface area (Å²) in [6.07, 6.45) is 0. The van der Waals surface area contributed by atoms with E-state index in [-0.39, 0.29) is 11.0 Å². The van der Waals surface area contributed by atoms with E-state index in [4.69, 9.17) is 21.7 Å². The lowest BCUT2D eigenvalue weighted by atomic mass is 10.2. The monoisotopic (exact) mass is 379 g/mol. The Kier molecular flexibility index (Phi) is 7.33. The number of carbonyl (C=O) groups is 2. The van der Waals surface area contributed by atoms with Crippen LogP contribution in [0, 0.1) is 0 Å². The standard InChI is InChI=1S/C16H17N3O4S2/c1-22-8-9-23-12-6-3-2-5-11(12)14(20)17-16(24)19-18-15(21)13-7-4-10-25-13/h2-7,10H,8-9H2,1H3,(H,18,21)(H2,17,19,20,24). The molecule has 0 aliphatic rings. The minimum absolute atomic E-state index is 0.0263. The van der Waals surface area contributed by atoms with Gasteiger partial charge in [0.25, 0.3) is 11.8 Å². The highest BCUT2D eigenvalue weighted by atomic mass is 32.1. The van der Waals surface area contributed by atoms with Crippen LogP contribution in [0.15, 0.2) is 41.8 Å². The molecule has 7 nitrogen and oxygen atoms in total. The van der Waals surface area contributed by atoms with Crippen molar-refractivity contribution in [3.05, 3.63) is 52.2 Å². The van der Waals surface area contributed by atoms with Crippen molar-refractivity contribution in [3.8, 4) is 5.75 Å². The van der Waals surface area contributed by atoms with Crippen LogP contribution in [0.2, 0.25) is 0 Å². The van der Waals surface area contributed by atoms with E-state index in [9.17, 15) is 9.59 Å². The van der Waals surface area contributed by atoms with Crippen LogP contribution >= 0.6 is 23.6 Å². The summed E-state index contributed by atoms with van der Waals surface area (Å²) >= 11 is 6.31. The van der Waals surface area contributed by atoms with Gasteiger partial charge in [-0.25, -0.2) is 0 Å². The molecule has 1 aromatic carbocycles. The Balaban J connectivity index is 1.88. The Morgan fingerprint density at radius 1 is 1.08 bits per heavy atom. The highest BCUT2D eigenvalue weighted by Crippen LogP contribution is 2.17. The van der Waals surface area contributed by atoms with E-state index in [2.05, 4.69) is 16.2 Å². The number of thiophene rings is 1. The second-order valence-corrected chi connectivity index (χ2v) is 6.03. The summed E-state index contributed by atoms with van der Waals surface area (Å²) in [5.74, 6) is -0.367. The molecular formula is C16H17N3O4S2. The normalized spacial score (nSPS) is 9.96. The second-order valence-electron chi connectivity index (χ2n) is 4.68. The fraction of sp³-hybridized carbons (Fsp3) is 0.188. The molecule has 1 heterocycles. The van der Waals surface area contributed by atoms with E-state index in [1.807, 2.05) is 0 Å². The highest BCUT2D eigenvalue weighted by Gasteiger charge is 2.14. The van der Waals surface area contributed by atoms with E-state index in [1.54, 1.807) is 48.9 Å². The molecule has 0 radical (unpaired) electrons. The third kappa shape index (κ3) is 5.82. The minimum atomic E-state index is -0.448. The number of hydrazine groups is 1. The van der Waals surface area contributed by atoms with Crippen molar-refractivity contribution in [2.75, 3.05) is 20.3 Å². The first kappa shape index (κ1) is 18.8. The Labute approximate surface area is 154 Å². The molecule has 0 fully saturated rings. The molecule has 3 N–H and O–H groups in total. The molecule has 2 amide bonds. The quantitative estimate of drug-likeness (QED) is 0.402. The first-order valence-electron chi connectivity index (χ1n) is 7.27. The number of carbonyl (C=O) groups excluding carboxylic acids is 2. The minimum Gasteiger partial charge on any atom is -0.490 e. The van der Waals surface area contributed by atoms with Crippen LogP contribution in [0.3, 0.4) is 0 Å². The Hall–Kier alpha value is -2.49. The second kappa shape index (κ2) is 9.72. The number of nitrogens with one attached hydrogen (secondary N) is 3. The maximum atomic E-state index is 12.3. The maximum absolute atomic E-state index is 12.3. The number of ether oxygens (including phenoxy) is 2. The van der Waals surface area contributed by atoms with E-state index >= 15 is 0 Å². The predicted molar refractivity (Wildman–Crippen MR) is 98.8 cm³/mol. The lowest BCUT2D eigenvalue weighted by Crippen LogP contribution is -2.48. The topological polar surface area (TPSA) is 88.7 Å². The molecule has 0 aliphatic heterocycles. The Morgan fingerprint density at radius 2 is 1.88 bits per heavy atom. The lowest BCUT2D eigenvalue weighted by Gasteiger charge is -2.13. The average Bonchev–Trinajstić information content (AvgIpc) is 3.15. The molecule has 1 aromatic heterocycles. The average molecular weight is 379 g/mol. The number of amides is 2. The number of benzene rings is 1. The number of hydrogen-bond acceptors (Lipinski definition) is 6. The molecule has 0 unspecified atom stereocenters. The third-order valence-corrected chi connectivity index (χ3v) is 4.01. The van der Waals surface area contributed by atoms with Gasteiger partial charge in [0.15, 0.2) is 5.11 Å². The first-order chi connectivity index (χ1) is 12.1. The largest absolute Gasteiger partial charge is 0.490 e. The van der Waals surface area contributed by atoms with Gasteiger partial charge in [-0.05, 0) is 35.8 Å². The van der Waals surface area contributed by atoms with Gasteiger partial charge in [-0.1, -0.05) is 18.2 Å². The zero-order valence-corrected chi connectivity index (χ0v) is 15.0. The van der Waals surface area contributed by atoms with Crippen molar-refractivity contribution in [3.63, 3.8) is 0 Å². The van der Waals surface area contributed by atoms with E-state index in [0.717, 1.165) is 0 Å². The number of methoxy groups -OCH3 is 1. The van der Waals surface area contributed by atoms with Crippen molar-refractivity contribution in [2.24, 2.45) is 0 Å². The fourth-order valence-electron chi connectivity index (χ4n) is 1.80. The van der Waals surface area contributed by atoms with Gasteiger partial charge in [0, 0.05) is 7.11 Å². The predicted octanol–water partition coefficient (Wildman–Crippen LogP) is 1.72. The van der Waals surface area contributed by atoms with Crippen LogP contribution in [0.5, 0.6) is 5.75 Å². The fourth-order valence-corrected chi connectivity index (χ4v) is 2.56. The summed E-state index contributed by atoms with van der Waals surface area (Å²) in [6, 6.07) is 10.2. The number of para-hydroxylation sites is 1. The summed E-state index contributed by atoms with van der Waals surface area (Å²) in [5.41, 5.74) is 5.23. The SMILES string of the molecule is COCCOc1ccccc1C(=O)NC(=S)NNC(=O)c1cccs1. The zero-order valence-electron chi connectivity index (χ0n) is 13.4. The molecule has 0 aliphatic carbocycles. The van der Waals surface area contributed by atoms with Gasteiger partial charge >= 0.3 is 0 Å². The van der Waals surface area contributed by atoms with Gasteiger partial charge in [0.1, 0.15) is 12.4 Å². The van der Waals surface area contributed by atoms with E-state index in [1.165, 1.54) is 11.3 Å². The molecule has 2 aromatic rings. The van der Waals surface area contributed by atoms with Gasteiger partial charge < -0.3 is 9.47 Å². The van der Waals surface area contributed by atoms with Gasteiger partial charge in [-0.3, -0.25) is 25.8 Å². The van der Waals surface area contributed by atoms with Crippen LogP contribution in [0.1, 0.15) is 20.0 Å². The molecule has 0 atom stereocenters. The molecule has 132 valence electrons. The van der Waals surface area contributed by atoms with Crippen LogP contribution in [0.4, 0.5) is 0 Å². The van der Waals surface area contributed by atoms with Crippen LogP contribution in [0.25, 0.3) is 0 Å². The van der Waals surface area contributed by atoms with Crippen LogP contribution in [-0.4, -0.2) is 37.3 Å². The van der Waals surface area contributed by atoms with Crippen LogP contribution in [-0.2, 0) is 4.74 Å². The van der Waals surface area contributed by atoms with Crippen molar-refractivity contribution < 1.29 is 19.1 Å². The smallest absolute Gasteiger partial charge is 0.279 e. The van der Waals surface area contributed by atoms with Crippen molar-refractivity contribution in [2.45, 2.75) is 0 Å². The van der Waals surface area contributed by atoms with Crippen molar-refractivity contribution in [1.82, 2.24) is 16.2 Å². The molecule has 0 spiro atoms. The van der Waals surface area contributed by atoms with Crippen molar-refractivity contribution in [1.29, 1.82) is 0 Å². The third-order valence-electron chi connectivity index (χ3n) is 2.94. The summed E-state index contributed by atoms with van der Waals surface area (Å²) < 4.78 is 10.4. The van der Waals surface area contributed by atoms with Gasteiger partial charge in [-0.2, -0.15) is 0 Å². The summed E-state index contributed by atoms with van der Waals surface area (Å²) in [4.78, 5) is 24.6. The van der Waals surface area contributed by atoms with E-state index < -0.39 is 5.91 Å². The molecular weight excluding hydrogens is 362 g/mol. The Morgan fingerprint density at radius 3 is 2.60 bits per heavy atom. The molecule has 0 saturated carbocycles. The summed E-state index contributed by atoms with van der Waals surface area (Å²) in [5, 5.41) is 4.25. The molecule has 9 heteroatoms. The van der Waals surface area contributed by atoms with Gasteiger partial charge in [0.2, 0.25) is 0 Å². The maximum Gasteiger partial charge on any atom is 0.279 e.